The lowest BCUT2D eigenvalue weighted by atomic mass is 10.1. The molecular formula is C9H14N4O2. The summed E-state index contributed by atoms with van der Waals surface area (Å²) in [5.41, 5.74) is 5.55. The fourth-order valence-electron chi connectivity index (χ4n) is 2.11. The van der Waals surface area contributed by atoms with Gasteiger partial charge in [0.1, 0.15) is 6.20 Å². The van der Waals surface area contributed by atoms with Crippen molar-refractivity contribution >= 4 is 11.5 Å². The van der Waals surface area contributed by atoms with Crippen LogP contribution in [0.25, 0.3) is 0 Å². The lowest BCUT2D eigenvalue weighted by Gasteiger charge is -2.09. The van der Waals surface area contributed by atoms with Gasteiger partial charge in [-0.2, -0.15) is 5.10 Å². The standard InChI is InChI=1S/C9H14N4O2/c10-9-8(13(14)15)5-11-12(9)6-7-3-1-2-4-7/h5,7H,1-4,6,10H2. The first kappa shape index (κ1) is 9.95. The van der Waals surface area contributed by atoms with E-state index in [1.807, 2.05) is 0 Å². The van der Waals surface area contributed by atoms with Gasteiger partial charge < -0.3 is 5.73 Å². The highest BCUT2D eigenvalue weighted by molar-refractivity contribution is 5.51. The van der Waals surface area contributed by atoms with Crippen LogP contribution >= 0.6 is 0 Å². The van der Waals surface area contributed by atoms with Gasteiger partial charge in [-0.1, -0.05) is 12.8 Å². The fourth-order valence-corrected chi connectivity index (χ4v) is 2.11. The van der Waals surface area contributed by atoms with Crippen LogP contribution in [0.1, 0.15) is 25.7 Å². The minimum atomic E-state index is -0.493. The summed E-state index contributed by atoms with van der Waals surface area (Å²) in [7, 11) is 0. The predicted octanol–water partition coefficient (Wildman–Crippen LogP) is 1.56. The van der Waals surface area contributed by atoms with Gasteiger partial charge in [0.2, 0.25) is 5.82 Å². The summed E-state index contributed by atoms with van der Waals surface area (Å²) >= 11 is 0. The third-order valence-electron chi connectivity index (χ3n) is 2.96. The van der Waals surface area contributed by atoms with E-state index < -0.39 is 4.92 Å². The van der Waals surface area contributed by atoms with Crippen LogP contribution in [-0.4, -0.2) is 14.7 Å². The fraction of sp³-hybridized carbons (Fsp3) is 0.667. The Bertz CT molecular complexity index is 368. The number of rotatable bonds is 3. The molecule has 1 aliphatic rings. The minimum Gasteiger partial charge on any atom is -0.378 e. The maximum Gasteiger partial charge on any atom is 0.330 e. The molecule has 0 radical (unpaired) electrons. The Morgan fingerprint density at radius 3 is 2.80 bits per heavy atom. The Labute approximate surface area is 87.2 Å². The largest absolute Gasteiger partial charge is 0.378 e. The Morgan fingerprint density at radius 1 is 1.60 bits per heavy atom. The van der Waals surface area contributed by atoms with Crippen molar-refractivity contribution in [1.29, 1.82) is 0 Å². The number of aromatic nitrogens is 2. The lowest BCUT2D eigenvalue weighted by Crippen LogP contribution is -2.11. The molecular weight excluding hydrogens is 196 g/mol. The van der Waals surface area contributed by atoms with Crippen LogP contribution in [0, 0.1) is 16.0 Å². The van der Waals surface area contributed by atoms with Crippen molar-refractivity contribution in [3.8, 4) is 0 Å². The Kier molecular flexibility index (Phi) is 2.57. The van der Waals surface area contributed by atoms with Crippen molar-refractivity contribution in [2.75, 3.05) is 5.73 Å². The van der Waals surface area contributed by atoms with E-state index in [4.69, 9.17) is 5.73 Å². The molecule has 0 unspecified atom stereocenters. The van der Waals surface area contributed by atoms with Gasteiger partial charge in [-0.25, -0.2) is 4.68 Å². The molecule has 1 heterocycles. The highest BCUT2D eigenvalue weighted by Crippen LogP contribution is 2.28. The lowest BCUT2D eigenvalue weighted by molar-refractivity contribution is -0.384. The van der Waals surface area contributed by atoms with Crippen LogP contribution in [0.15, 0.2) is 6.20 Å². The minimum absolute atomic E-state index is 0.0898. The molecule has 1 aromatic rings. The molecule has 6 heteroatoms. The zero-order chi connectivity index (χ0) is 10.8. The van der Waals surface area contributed by atoms with E-state index in [1.54, 1.807) is 4.68 Å². The number of nitrogens with two attached hydrogens (primary N) is 1. The molecule has 0 spiro atoms. The van der Waals surface area contributed by atoms with Crippen molar-refractivity contribution in [2.24, 2.45) is 5.92 Å². The quantitative estimate of drug-likeness (QED) is 0.605. The molecule has 0 bridgehead atoms. The van der Waals surface area contributed by atoms with E-state index >= 15 is 0 Å². The first-order valence-corrected chi connectivity index (χ1v) is 5.14. The van der Waals surface area contributed by atoms with Crippen LogP contribution < -0.4 is 5.73 Å². The summed E-state index contributed by atoms with van der Waals surface area (Å²) in [6, 6.07) is 0. The molecule has 2 N–H and O–H groups in total. The molecule has 0 amide bonds. The normalized spacial score (nSPS) is 17.1. The second-order valence-electron chi connectivity index (χ2n) is 4.00. The van der Waals surface area contributed by atoms with E-state index in [2.05, 4.69) is 5.10 Å². The van der Waals surface area contributed by atoms with Crippen molar-refractivity contribution in [1.82, 2.24) is 9.78 Å². The number of hydrogen-bond acceptors (Lipinski definition) is 4. The van der Waals surface area contributed by atoms with Gasteiger partial charge in [-0.05, 0) is 18.8 Å². The van der Waals surface area contributed by atoms with Crippen molar-refractivity contribution < 1.29 is 4.92 Å². The van der Waals surface area contributed by atoms with E-state index in [0.717, 1.165) is 0 Å². The topological polar surface area (TPSA) is 87.0 Å². The molecule has 0 saturated heterocycles. The summed E-state index contributed by atoms with van der Waals surface area (Å²) in [6.07, 6.45) is 6.06. The third-order valence-corrected chi connectivity index (χ3v) is 2.96. The first-order chi connectivity index (χ1) is 7.18. The van der Waals surface area contributed by atoms with Crippen LogP contribution in [0.4, 0.5) is 11.5 Å². The number of hydrogen-bond donors (Lipinski definition) is 1. The molecule has 0 atom stereocenters. The van der Waals surface area contributed by atoms with Crippen LogP contribution in [0.3, 0.4) is 0 Å². The molecule has 6 nitrogen and oxygen atoms in total. The molecule has 0 aliphatic heterocycles. The van der Waals surface area contributed by atoms with Gasteiger partial charge in [0.25, 0.3) is 0 Å². The highest BCUT2D eigenvalue weighted by atomic mass is 16.6. The number of nitrogen functional groups attached to an aromatic ring is 1. The molecule has 1 saturated carbocycles. The molecule has 0 aromatic carbocycles. The van der Waals surface area contributed by atoms with E-state index in [-0.39, 0.29) is 11.5 Å². The van der Waals surface area contributed by atoms with E-state index in [9.17, 15) is 10.1 Å². The van der Waals surface area contributed by atoms with Gasteiger partial charge in [-0.15, -0.1) is 0 Å². The maximum atomic E-state index is 10.5. The smallest absolute Gasteiger partial charge is 0.330 e. The summed E-state index contributed by atoms with van der Waals surface area (Å²) in [5.74, 6) is 0.749. The second kappa shape index (κ2) is 3.88. The van der Waals surface area contributed by atoms with Crippen LogP contribution in [-0.2, 0) is 6.54 Å². The van der Waals surface area contributed by atoms with E-state index in [1.165, 1.54) is 31.9 Å². The zero-order valence-corrected chi connectivity index (χ0v) is 8.43. The highest BCUT2D eigenvalue weighted by Gasteiger charge is 2.21. The molecule has 15 heavy (non-hydrogen) atoms. The van der Waals surface area contributed by atoms with Crippen LogP contribution in [0.5, 0.6) is 0 Å². The first-order valence-electron chi connectivity index (χ1n) is 5.14. The molecule has 1 aliphatic carbocycles. The van der Waals surface area contributed by atoms with Crippen molar-refractivity contribution in [3.05, 3.63) is 16.3 Å². The molecule has 82 valence electrons. The SMILES string of the molecule is Nc1c([N+](=O)[O-])cnn1CC1CCCC1. The number of anilines is 1. The second-order valence-corrected chi connectivity index (χ2v) is 4.00. The van der Waals surface area contributed by atoms with Crippen molar-refractivity contribution in [3.63, 3.8) is 0 Å². The van der Waals surface area contributed by atoms with Gasteiger partial charge in [-0.3, -0.25) is 10.1 Å². The number of nitro groups is 1. The van der Waals surface area contributed by atoms with Gasteiger partial charge in [0.05, 0.1) is 4.92 Å². The van der Waals surface area contributed by atoms with Crippen molar-refractivity contribution in [2.45, 2.75) is 32.2 Å². The Morgan fingerprint density at radius 2 is 2.27 bits per heavy atom. The van der Waals surface area contributed by atoms with Crippen LogP contribution in [0.2, 0.25) is 0 Å². The van der Waals surface area contributed by atoms with Gasteiger partial charge in [0, 0.05) is 6.54 Å². The molecule has 2 rings (SSSR count). The Balaban J connectivity index is 2.11. The van der Waals surface area contributed by atoms with E-state index in [0.29, 0.717) is 12.5 Å². The summed E-state index contributed by atoms with van der Waals surface area (Å²) in [4.78, 5) is 10.1. The summed E-state index contributed by atoms with van der Waals surface area (Å²) < 4.78 is 1.55. The Hall–Kier alpha value is -1.59. The summed E-state index contributed by atoms with van der Waals surface area (Å²) in [6.45, 7) is 0.708. The van der Waals surface area contributed by atoms with Gasteiger partial charge in [0.15, 0.2) is 0 Å². The monoisotopic (exact) mass is 210 g/mol. The molecule has 1 aromatic heterocycles. The molecule has 1 fully saturated rings. The average molecular weight is 210 g/mol. The maximum absolute atomic E-state index is 10.5. The third kappa shape index (κ3) is 1.93. The average Bonchev–Trinajstić information content (AvgIpc) is 2.78. The summed E-state index contributed by atoms with van der Waals surface area (Å²) in [5, 5.41) is 14.5. The predicted molar refractivity (Wildman–Crippen MR) is 55.3 cm³/mol. The van der Waals surface area contributed by atoms with Gasteiger partial charge >= 0.3 is 5.69 Å². The number of nitrogens with zero attached hydrogens (tertiary/aromatic N) is 3. The zero-order valence-electron chi connectivity index (χ0n) is 8.43.